The number of anilines is 2. The summed E-state index contributed by atoms with van der Waals surface area (Å²) in [6.45, 7) is 2.62. The van der Waals surface area contributed by atoms with Crippen LogP contribution in [0.2, 0.25) is 0 Å². The Balaban J connectivity index is 1.40. The van der Waals surface area contributed by atoms with Gasteiger partial charge in [0.15, 0.2) is 0 Å². The van der Waals surface area contributed by atoms with Gasteiger partial charge in [0.2, 0.25) is 5.95 Å². The van der Waals surface area contributed by atoms with Gasteiger partial charge in [-0.25, -0.2) is 9.97 Å². The van der Waals surface area contributed by atoms with Gasteiger partial charge in [0.25, 0.3) is 0 Å². The monoisotopic (exact) mass is 521 g/mol. The zero-order chi connectivity index (χ0) is 23.3. The van der Waals surface area contributed by atoms with Crippen molar-refractivity contribution in [2.45, 2.75) is 47.0 Å². The first kappa shape index (κ1) is 22.7. The molecule has 1 saturated carbocycles. The minimum Gasteiger partial charge on any atom is -0.324 e. The third-order valence-electron chi connectivity index (χ3n) is 6.14. The van der Waals surface area contributed by atoms with Gasteiger partial charge in [-0.2, -0.15) is 13.2 Å². The summed E-state index contributed by atoms with van der Waals surface area (Å²) in [6, 6.07) is 6.20. The van der Waals surface area contributed by atoms with Crippen LogP contribution < -0.4 is 15.4 Å². The van der Waals surface area contributed by atoms with E-state index in [0.717, 1.165) is 65.6 Å². The minimum absolute atomic E-state index is 0.0700. The number of alkyl halides is 3. The Morgan fingerprint density at radius 3 is 2.79 bits per heavy atom. The summed E-state index contributed by atoms with van der Waals surface area (Å²) in [7, 11) is 0. The molecule has 1 fully saturated rings. The van der Waals surface area contributed by atoms with E-state index in [-0.39, 0.29) is 11.6 Å². The highest BCUT2D eigenvalue weighted by molar-refractivity contribution is 8.03. The molecule has 0 bridgehead atoms. The van der Waals surface area contributed by atoms with E-state index in [9.17, 15) is 13.2 Å². The number of nitrogens with zero attached hydrogens (tertiary/aromatic N) is 2. The molecular weight excluding hydrogens is 499 g/mol. The van der Waals surface area contributed by atoms with Gasteiger partial charge in [0.1, 0.15) is 5.56 Å². The number of thioether (sulfide) groups is 1. The van der Waals surface area contributed by atoms with E-state index in [1.54, 1.807) is 11.8 Å². The number of thiophene rings is 1. The van der Waals surface area contributed by atoms with Crippen LogP contribution in [0.3, 0.4) is 0 Å². The standard InChI is InChI=1S/C23H22F3N5S3/c24-23(25,26)16-11-28-22(31-20(16)18-9-19-21(33-18)34-29-5-6-32-19)30-17-8-13-3-4-27-10-14(13)7-15(17)12-1-2-12/h7-9,11-12,27,29H,1-6,10H2,(H,28,30,31). The maximum absolute atomic E-state index is 13.9. The van der Waals surface area contributed by atoms with E-state index in [1.807, 2.05) is 6.07 Å². The van der Waals surface area contributed by atoms with E-state index >= 15 is 0 Å². The van der Waals surface area contributed by atoms with Crippen LogP contribution in [0.4, 0.5) is 24.8 Å². The average Bonchev–Trinajstić information content (AvgIpc) is 3.62. The van der Waals surface area contributed by atoms with Crippen molar-refractivity contribution < 1.29 is 13.2 Å². The second-order valence-electron chi connectivity index (χ2n) is 8.60. The molecule has 0 radical (unpaired) electrons. The highest BCUT2D eigenvalue weighted by atomic mass is 32.2. The number of rotatable bonds is 4. The van der Waals surface area contributed by atoms with Gasteiger partial charge in [-0.3, -0.25) is 4.72 Å². The molecule has 5 nitrogen and oxygen atoms in total. The van der Waals surface area contributed by atoms with Crippen LogP contribution in [0.1, 0.15) is 41.0 Å². The van der Waals surface area contributed by atoms with Crippen LogP contribution in [-0.2, 0) is 19.1 Å². The van der Waals surface area contributed by atoms with Crippen molar-refractivity contribution in [3.63, 3.8) is 0 Å². The van der Waals surface area contributed by atoms with Crippen molar-refractivity contribution in [1.82, 2.24) is 20.0 Å². The van der Waals surface area contributed by atoms with Crippen LogP contribution in [0.25, 0.3) is 10.6 Å². The highest BCUT2D eigenvalue weighted by Crippen LogP contribution is 2.47. The maximum Gasteiger partial charge on any atom is 0.420 e. The van der Waals surface area contributed by atoms with Gasteiger partial charge in [-0.1, -0.05) is 6.07 Å². The molecule has 2 aliphatic heterocycles. The van der Waals surface area contributed by atoms with E-state index in [0.29, 0.717) is 10.8 Å². The van der Waals surface area contributed by atoms with Gasteiger partial charge in [-0.05, 0) is 72.5 Å². The fraction of sp³-hybridized carbons (Fsp3) is 0.391. The molecule has 11 heteroatoms. The number of aromatic nitrogens is 2. The Labute approximate surface area is 207 Å². The van der Waals surface area contributed by atoms with Crippen molar-refractivity contribution in [2.75, 3.05) is 24.2 Å². The number of hydrogen-bond donors (Lipinski definition) is 3. The summed E-state index contributed by atoms with van der Waals surface area (Å²) in [6.07, 6.45) is -0.439. The molecule has 0 amide bonds. The fourth-order valence-electron chi connectivity index (χ4n) is 4.32. The second-order valence-corrected chi connectivity index (χ2v) is 11.9. The van der Waals surface area contributed by atoms with E-state index in [4.69, 9.17) is 0 Å². The second kappa shape index (κ2) is 9.02. The number of halogens is 3. The lowest BCUT2D eigenvalue weighted by Crippen LogP contribution is -2.24. The van der Waals surface area contributed by atoms with Crippen LogP contribution >= 0.6 is 35.0 Å². The molecule has 1 aromatic carbocycles. The zero-order valence-electron chi connectivity index (χ0n) is 18.1. The molecule has 1 aliphatic carbocycles. The lowest BCUT2D eigenvalue weighted by atomic mass is 9.95. The predicted molar refractivity (Wildman–Crippen MR) is 132 cm³/mol. The first-order chi connectivity index (χ1) is 16.5. The Kier molecular flexibility index (Phi) is 6.01. The first-order valence-corrected chi connectivity index (χ1v) is 13.8. The molecule has 0 saturated heterocycles. The fourth-order valence-corrected chi connectivity index (χ4v) is 7.76. The van der Waals surface area contributed by atoms with Crippen LogP contribution in [0.5, 0.6) is 0 Å². The van der Waals surface area contributed by atoms with Gasteiger partial charge < -0.3 is 10.6 Å². The molecule has 3 aromatic rings. The average molecular weight is 522 g/mol. The molecule has 0 spiro atoms. The van der Waals surface area contributed by atoms with Gasteiger partial charge in [-0.15, -0.1) is 23.1 Å². The summed E-state index contributed by atoms with van der Waals surface area (Å²) in [5, 5.41) is 6.69. The van der Waals surface area contributed by atoms with Crippen LogP contribution in [0, 0.1) is 0 Å². The van der Waals surface area contributed by atoms with Crippen molar-refractivity contribution in [3.8, 4) is 10.6 Å². The summed E-state index contributed by atoms with van der Waals surface area (Å²) < 4.78 is 45.9. The summed E-state index contributed by atoms with van der Waals surface area (Å²) in [5.41, 5.74) is 3.80. The SMILES string of the molecule is FC(F)(F)c1cnc(Nc2cc3c(cc2C2CC2)CNCC3)nc1-c1cc2c(s1)SNCCS2. The Morgan fingerprint density at radius 1 is 1.09 bits per heavy atom. The van der Waals surface area contributed by atoms with Crippen molar-refractivity contribution in [1.29, 1.82) is 0 Å². The molecule has 0 unspecified atom stereocenters. The van der Waals surface area contributed by atoms with Crippen molar-refractivity contribution >= 4 is 46.7 Å². The Hall–Kier alpha value is -1.79. The molecule has 0 atom stereocenters. The van der Waals surface area contributed by atoms with Gasteiger partial charge in [0.05, 0.1) is 14.8 Å². The quantitative estimate of drug-likeness (QED) is 0.354. The zero-order valence-corrected chi connectivity index (χ0v) is 20.5. The molecule has 2 aromatic heterocycles. The third kappa shape index (κ3) is 4.56. The molecular formula is C23H22F3N5S3. The van der Waals surface area contributed by atoms with Crippen LogP contribution in [0.15, 0.2) is 33.5 Å². The van der Waals surface area contributed by atoms with E-state index in [2.05, 4.69) is 37.5 Å². The molecule has 3 aliphatic rings. The molecule has 34 heavy (non-hydrogen) atoms. The topological polar surface area (TPSA) is 61.9 Å². The Bertz CT molecular complexity index is 1220. The molecule has 6 rings (SSSR count). The predicted octanol–water partition coefficient (Wildman–Crippen LogP) is 6.19. The van der Waals surface area contributed by atoms with Crippen molar-refractivity contribution in [2.24, 2.45) is 0 Å². The smallest absolute Gasteiger partial charge is 0.324 e. The maximum atomic E-state index is 13.9. The summed E-state index contributed by atoms with van der Waals surface area (Å²) >= 11 is 4.46. The molecule has 178 valence electrons. The summed E-state index contributed by atoms with van der Waals surface area (Å²) in [5.74, 6) is 1.55. The Morgan fingerprint density at radius 2 is 1.97 bits per heavy atom. The first-order valence-electron chi connectivity index (χ1n) is 11.2. The normalized spacial score (nSPS) is 18.2. The van der Waals surface area contributed by atoms with Crippen molar-refractivity contribution in [3.05, 3.63) is 46.6 Å². The molecule has 4 heterocycles. The number of benzene rings is 1. The van der Waals surface area contributed by atoms with Gasteiger partial charge >= 0.3 is 6.18 Å². The number of hydrogen-bond acceptors (Lipinski definition) is 8. The summed E-state index contributed by atoms with van der Waals surface area (Å²) in [4.78, 5) is 10.0. The van der Waals surface area contributed by atoms with Gasteiger partial charge in [0, 0.05) is 35.6 Å². The van der Waals surface area contributed by atoms with E-state index in [1.165, 1.54) is 40.0 Å². The highest BCUT2D eigenvalue weighted by Gasteiger charge is 2.36. The van der Waals surface area contributed by atoms with Crippen LogP contribution in [-0.4, -0.2) is 28.8 Å². The largest absolute Gasteiger partial charge is 0.420 e. The number of nitrogens with one attached hydrogen (secondary N) is 3. The lowest BCUT2D eigenvalue weighted by Gasteiger charge is -2.21. The lowest BCUT2D eigenvalue weighted by molar-refractivity contribution is -0.137. The van der Waals surface area contributed by atoms with E-state index < -0.39 is 11.7 Å². The molecule has 3 N–H and O–H groups in total. The third-order valence-corrected chi connectivity index (χ3v) is 9.63. The minimum atomic E-state index is -4.54. The number of fused-ring (bicyclic) bond motifs is 2.